The van der Waals surface area contributed by atoms with Crippen molar-refractivity contribution in [3.8, 4) is 5.75 Å². The van der Waals surface area contributed by atoms with E-state index in [1.807, 2.05) is 48.2 Å². The molecule has 0 bridgehead atoms. The standard InChI is InChI=1S/C23H29N3O3S/c1-2-16-30-17-8-14-24-20(27)12-7-15-26-22-19(11-6-13-25-22)29-21(23(26)28)18-9-4-3-5-10-18/h3-6,9-11,13,21H,2,7-8,12,14-17H2,1H3,(H,24,27)/t21-/m1/s1. The lowest BCUT2D eigenvalue weighted by molar-refractivity contribution is -0.127. The Hall–Kier alpha value is -2.54. The molecule has 160 valence electrons. The fourth-order valence-electron chi connectivity index (χ4n) is 3.29. The van der Waals surface area contributed by atoms with Gasteiger partial charge < -0.3 is 10.1 Å². The van der Waals surface area contributed by atoms with E-state index in [0.29, 0.717) is 37.5 Å². The minimum atomic E-state index is -0.697. The molecule has 1 aromatic carbocycles. The molecule has 2 amide bonds. The van der Waals surface area contributed by atoms with Crippen LogP contribution in [0.4, 0.5) is 5.82 Å². The molecule has 1 N–H and O–H groups in total. The summed E-state index contributed by atoms with van der Waals surface area (Å²) in [4.78, 5) is 31.2. The molecule has 3 rings (SSSR count). The normalized spacial score (nSPS) is 15.4. The number of hydrogen-bond donors (Lipinski definition) is 1. The lowest BCUT2D eigenvalue weighted by Crippen LogP contribution is -2.42. The van der Waals surface area contributed by atoms with Crippen LogP contribution in [0.2, 0.25) is 0 Å². The Morgan fingerprint density at radius 1 is 1.17 bits per heavy atom. The van der Waals surface area contributed by atoms with Crippen molar-refractivity contribution in [2.45, 2.75) is 38.7 Å². The molecule has 2 heterocycles. The number of fused-ring (bicyclic) bond motifs is 1. The lowest BCUT2D eigenvalue weighted by Gasteiger charge is -2.33. The molecule has 0 saturated carbocycles. The van der Waals surface area contributed by atoms with E-state index in [9.17, 15) is 9.59 Å². The van der Waals surface area contributed by atoms with Crippen LogP contribution in [0.5, 0.6) is 5.75 Å². The zero-order valence-corrected chi connectivity index (χ0v) is 18.2. The topological polar surface area (TPSA) is 71.5 Å². The van der Waals surface area contributed by atoms with Crippen molar-refractivity contribution in [1.29, 1.82) is 0 Å². The van der Waals surface area contributed by atoms with Crippen LogP contribution in [-0.4, -0.2) is 41.4 Å². The molecule has 0 spiro atoms. The second-order valence-electron chi connectivity index (χ2n) is 7.14. The molecule has 1 aliphatic heterocycles. The van der Waals surface area contributed by atoms with Gasteiger partial charge in [-0.3, -0.25) is 14.5 Å². The summed E-state index contributed by atoms with van der Waals surface area (Å²) in [6.07, 6.45) is 4.06. The van der Waals surface area contributed by atoms with Gasteiger partial charge in [0.25, 0.3) is 5.91 Å². The lowest BCUT2D eigenvalue weighted by atomic mass is 10.1. The van der Waals surface area contributed by atoms with Crippen molar-refractivity contribution >= 4 is 29.4 Å². The Balaban J connectivity index is 1.54. The van der Waals surface area contributed by atoms with Crippen LogP contribution in [0.15, 0.2) is 48.7 Å². The van der Waals surface area contributed by atoms with E-state index in [2.05, 4.69) is 17.2 Å². The number of rotatable bonds is 11. The van der Waals surface area contributed by atoms with Crippen molar-refractivity contribution in [1.82, 2.24) is 10.3 Å². The van der Waals surface area contributed by atoms with Crippen molar-refractivity contribution < 1.29 is 14.3 Å². The molecule has 2 aromatic rings. The van der Waals surface area contributed by atoms with Gasteiger partial charge in [-0.25, -0.2) is 4.98 Å². The van der Waals surface area contributed by atoms with Crippen LogP contribution in [-0.2, 0) is 9.59 Å². The number of ether oxygens (including phenoxy) is 1. The number of nitrogens with one attached hydrogen (secondary N) is 1. The highest BCUT2D eigenvalue weighted by Crippen LogP contribution is 2.37. The summed E-state index contributed by atoms with van der Waals surface area (Å²) in [5, 5.41) is 2.97. The molecule has 0 aliphatic carbocycles. The molecular weight excluding hydrogens is 398 g/mol. The number of carbonyl (C=O) groups is 2. The number of anilines is 1. The van der Waals surface area contributed by atoms with E-state index in [1.165, 1.54) is 12.2 Å². The highest BCUT2D eigenvalue weighted by Gasteiger charge is 2.36. The summed E-state index contributed by atoms with van der Waals surface area (Å²) >= 11 is 1.92. The summed E-state index contributed by atoms with van der Waals surface area (Å²) in [5.74, 6) is 3.21. The molecule has 6 nitrogen and oxygen atoms in total. The minimum absolute atomic E-state index is 0.0250. The summed E-state index contributed by atoms with van der Waals surface area (Å²) in [7, 11) is 0. The Labute approximate surface area is 182 Å². The predicted octanol–water partition coefficient (Wildman–Crippen LogP) is 3.98. The molecular formula is C23H29N3O3S. The van der Waals surface area contributed by atoms with Crippen LogP contribution in [0.25, 0.3) is 0 Å². The van der Waals surface area contributed by atoms with Crippen molar-refractivity contribution in [3.63, 3.8) is 0 Å². The van der Waals surface area contributed by atoms with E-state index in [1.54, 1.807) is 17.2 Å². The minimum Gasteiger partial charge on any atom is -0.472 e. The Morgan fingerprint density at radius 2 is 2.00 bits per heavy atom. The third-order valence-corrected chi connectivity index (χ3v) is 6.04. The van der Waals surface area contributed by atoms with Crippen LogP contribution >= 0.6 is 11.8 Å². The second kappa shape index (κ2) is 11.6. The zero-order valence-electron chi connectivity index (χ0n) is 17.4. The first-order chi connectivity index (χ1) is 14.7. The molecule has 7 heteroatoms. The van der Waals surface area contributed by atoms with Gasteiger partial charge in [-0.2, -0.15) is 11.8 Å². The Kier molecular flexibility index (Phi) is 8.56. The van der Waals surface area contributed by atoms with Crippen molar-refractivity contribution in [3.05, 3.63) is 54.2 Å². The highest BCUT2D eigenvalue weighted by atomic mass is 32.2. The van der Waals surface area contributed by atoms with Gasteiger partial charge in [0.05, 0.1) is 0 Å². The van der Waals surface area contributed by atoms with Crippen LogP contribution in [0.1, 0.15) is 44.3 Å². The fourth-order valence-corrected chi connectivity index (χ4v) is 4.13. The summed E-state index contributed by atoms with van der Waals surface area (Å²) in [5.41, 5.74) is 0.806. The highest BCUT2D eigenvalue weighted by molar-refractivity contribution is 7.99. The first-order valence-electron chi connectivity index (χ1n) is 10.5. The number of pyridine rings is 1. The van der Waals surface area contributed by atoms with E-state index in [4.69, 9.17) is 4.74 Å². The first-order valence-corrected chi connectivity index (χ1v) is 11.7. The average Bonchev–Trinajstić information content (AvgIpc) is 2.78. The van der Waals surface area contributed by atoms with Crippen LogP contribution in [0, 0.1) is 0 Å². The Morgan fingerprint density at radius 3 is 2.80 bits per heavy atom. The fraction of sp³-hybridized carbons (Fsp3) is 0.435. The van der Waals surface area contributed by atoms with E-state index in [-0.39, 0.29) is 11.8 Å². The predicted molar refractivity (Wildman–Crippen MR) is 121 cm³/mol. The van der Waals surface area contributed by atoms with Gasteiger partial charge in [-0.1, -0.05) is 37.3 Å². The molecule has 1 aliphatic rings. The largest absolute Gasteiger partial charge is 0.472 e. The number of carbonyl (C=O) groups excluding carboxylic acids is 2. The van der Waals surface area contributed by atoms with Gasteiger partial charge in [-0.05, 0) is 42.9 Å². The summed E-state index contributed by atoms with van der Waals surface area (Å²) < 4.78 is 5.95. The monoisotopic (exact) mass is 427 g/mol. The average molecular weight is 428 g/mol. The number of amides is 2. The SMILES string of the molecule is CCCSCCCNC(=O)CCCN1C(=O)[C@@H](c2ccccc2)Oc2cccnc21. The van der Waals surface area contributed by atoms with E-state index in [0.717, 1.165) is 17.7 Å². The summed E-state index contributed by atoms with van der Waals surface area (Å²) in [6, 6.07) is 13.1. The van der Waals surface area contributed by atoms with Gasteiger partial charge in [0, 0.05) is 31.3 Å². The van der Waals surface area contributed by atoms with E-state index < -0.39 is 6.10 Å². The number of aromatic nitrogens is 1. The van der Waals surface area contributed by atoms with Gasteiger partial charge in [0.1, 0.15) is 0 Å². The molecule has 1 aromatic heterocycles. The van der Waals surface area contributed by atoms with Gasteiger partial charge in [0.15, 0.2) is 11.6 Å². The Bertz CT molecular complexity index is 831. The molecule has 30 heavy (non-hydrogen) atoms. The maximum Gasteiger partial charge on any atom is 0.274 e. The third-order valence-electron chi connectivity index (χ3n) is 4.77. The zero-order chi connectivity index (χ0) is 21.2. The van der Waals surface area contributed by atoms with Crippen molar-refractivity contribution in [2.75, 3.05) is 29.5 Å². The molecule has 0 radical (unpaired) electrons. The van der Waals surface area contributed by atoms with Gasteiger partial charge in [0.2, 0.25) is 12.0 Å². The maximum absolute atomic E-state index is 13.1. The van der Waals surface area contributed by atoms with Crippen molar-refractivity contribution in [2.24, 2.45) is 0 Å². The van der Waals surface area contributed by atoms with Gasteiger partial charge in [-0.15, -0.1) is 0 Å². The maximum atomic E-state index is 13.1. The molecule has 0 unspecified atom stereocenters. The first kappa shape index (κ1) is 22.2. The molecule has 0 fully saturated rings. The molecule has 0 saturated heterocycles. The smallest absolute Gasteiger partial charge is 0.274 e. The van der Waals surface area contributed by atoms with Gasteiger partial charge >= 0.3 is 0 Å². The second-order valence-corrected chi connectivity index (χ2v) is 8.37. The molecule has 1 atom stereocenters. The quantitative estimate of drug-likeness (QED) is 0.549. The number of nitrogens with zero attached hydrogens (tertiary/aromatic N) is 2. The van der Waals surface area contributed by atoms with Crippen LogP contribution < -0.4 is 15.0 Å². The number of hydrogen-bond acceptors (Lipinski definition) is 5. The summed E-state index contributed by atoms with van der Waals surface area (Å²) in [6.45, 7) is 3.30. The number of benzene rings is 1. The third kappa shape index (κ3) is 5.98. The van der Waals surface area contributed by atoms with E-state index >= 15 is 0 Å². The number of thioether (sulfide) groups is 1. The van der Waals surface area contributed by atoms with Crippen LogP contribution in [0.3, 0.4) is 0 Å².